The lowest BCUT2D eigenvalue weighted by molar-refractivity contribution is 0.326. The number of benzene rings is 1. The molecule has 1 aromatic rings. The first kappa shape index (κ1) is 12.9. The maximum Gasteiger partial charge on any atom is 0.0335 e. The fourth-order valence-electron chi connectivity index (χ4n) is 2.41. The first-order valence-corrected chi connectivity index (χ1v) is 7.49. The Bertz CT molecular complexity index is 331. The molecule has 3 heteroatoms. The van der Waals surface area contributed by atoms with Crippen LogP contribution in [0.15, 0.2) is 29.2 Å². The third-order valence-corrected chi connectivity index (χ3v) is 4.31. The van der Waals surface area contributed by atoms with Gasteiger partial charge >= 0.3 is 0 Å². The minimum Gasteiger partial charge on any atom is -0.324 e. The Kier molecular flexibility index (Phi) is 4.89. The molecule has 0 spiro atoms. The summed E-state index contributed by atoms with van der Waals surface area (Å²) < 4.78 is 0. The van der Waals surface area contributed by atoms with Gasteiger partial charge in [-0.3, -0.25) is 0 Å². The number of hydrogen-bond donors (Lipinski definition) is 2. The lowest BCUT2D eigenvalue weighted by Crippen LogP contribution is -2.36. The summed E-state index contributed by atoms with van der Waals surface area (Å²) in [6, 6.07) is 8.96. The molecule has 0 amide bonds. The van der Waals surface area contributed by atoms with Crippen molar-refractivity contribution in [3.05, 3.63) is 29.8 Å². The van der Waals surface area contributed by atoms with Crippen molar-refractivity contribution in [3.8, 4) is 0 Å². The quantitative estimate of drug-likeness (QED) is 0.807. The highest BCUT2D eigenvalue weighted by molar-refractivity contribution is 7.99. The van der Waals surface area contributed by atoms with E-state index in [1.807, 2.05) is 11.8 Å². The van der Waals surface area contributed by atoms with Crippen molar-refractivity contribution >= 4 is 11.8 Å². The molecule has 0 aromatic heterocycles. The molecular weight excluding hydrogens is 228 g/mol. The van der Waals surface area contributed by atoms with Crippen molar-refractivity contribution in [2.75, 3.05) is 18.8 Å². The van der Waals surface area contributed by atoms with E-state index in [0.717, 1.165) is 18.8 Å². The Morgan fingerprint density at radius 2 is 2.18 bits per heavy atom. The summed E-state index contributed by atoms with van der Waals surface area (Å²) in [6.07, 6.45) is 2.50. The molecule has 2 rings (SSSR count). The number of rotatable bonds is 4. The van der Waals surface area contributed by atoms with E-state index in [1.54, 1.807) is 0 Å². The van der Waals surface area contributed by atoms with Gasteiger partial charge < -0.3 is 11.1 Å². The van der Waals surface area contributed by atoms with Crippen LogP contribution in [-0.4, -0.2) is 18.8 Å². The highest BCUT2D eigenvalue weighted by Gasteiger charge is 2.21. The SMILES string of the molecule is CCSc1ccc(C(N)C2CCCNC2)cc1. The van der Waals surface area contributed by atoms with Crippen LogP contribution in [0.3, 0.4) is 0 Å². The molecule has 2 nitrogen and oxygen atoms in total. The molecule has 0 radical (unpaired) electrons. The van der Waals surface area contributed by atoms with E-state index in [0.29, 0.717) is 5.92 Å². The van der Waals surface area contributed by atoms with Gasteiger partial charge in [-0.2, -0.15) is 0 Å². The van der Waals surface area contributed by atoms with Crippen LogP contribution in [0.4, 0.5) is 0 Å². The van der Waals surface area contributed by atoms with Crippen molar-refractivity contribution in [2.45, 2.75) is 30.7 Å². The maximum atomic E-state index is 6.35. The predicted molar refractivity (Wildman–Crippen MR) is 75.4 cm³/mol. The minimum atomic E-state index is 0.184. The Balaban J connectivity index is 2.00. The molecule has 1 aliphatic rings. The molecule has 1 aromatic carbocycles. The first-order chi connectivity index (χ1) is 8.31. The van der Waals surface area contributed by atoms with Gasteiger partial charge in [-0.15, -0.1) is 11.8 Å². The van der Waals surface area contributed by atoms with Crippen LogP contribution in [-0.2, 0) is 0 Å². The van der Waals surface area contributed by atoms with Gasteiger partial charge in [0, 0.05) is 10.9 Å². The Labute approximate surface area is 108 Å². The van der Waals surface area contributed by atoms with Gasteiger partial charge in [0.05, 0.1) is 0 Å². The van der Waals surface area contributed by atoms with Crippen LogP contribution in [0.2, 0.25) is 0 Å². The molecule has 2 unspecified atom stereocenters. The van der Waals surface area contributed by atoms with Gasteiger partial charge in [0.1, 0.15) is 0 Å². The van der Waals surface area contributed by atoms with E-state index < -0.39 is 0 Å². The zero-order valence-electron chi connectivity index (χ0n) is 10.5. The molecule has 1 fully saturated rings. The fourth-order valence-corrected chi connectivity index (χ4v) is 3.07. The Hall–Kier alpha value is -0.510. The van der Waals surface area contributed by atoms with E-state index in [9.17, 15) is 0 Å². The molecular formula is C14H22N2S. The smallest absolute Gasteiger partial charge is 0.0335 e. The number of nitrogens with two attached hydrogens (primary N) is 1. The van der Waals surface area contributed by atoms with Crippen molar-refractivity contribution < 1.29 is 0 Å². The number of thioether (sulfide) groups is 1. The van der Waals surface area contributed by atoms with Gasteiger partial charge in [-0.05, 0) is 55.3 Å². The van der Waals surface area contributed by atoms with Gasteiger partial charge in [-0.25, -0.2) is 0 Å². The summed E-state index contributed by atoms with van der Waals surface area (Å²) in [7, 11) is 0. The second-order valence-corrected chi connectivity index (χ2v) is 5.97. The van der Waals surface area contributed by atoms with Crippen molar-refractivity contribution in [2.24, 2.45) is 11.7 Å². The minimum absolute atomic E-state index is 0.184. The average molecular weight is 250 g/mol. The first-order valence-electron chi connectivity index (χ1n) is 6.50. The Morgan fingerprint density at radius 1 is 1.41 bits per heavy atom. The van der Waals surface area contributed by atoms with Crippen LogP contribution < -0.4 is 11.1 Å². The molecule has 1 saturated heterocycles. The highest BCUT2D eigenvalue weighted by atomic mass is 32.2. The fraction of sp³-hybridized carbons (Fsp3) is 0.571. The lowest BCUT2D eigenvalue weighted by atomic mass is 9.88. The Morgan fingerprint density at radius 3 is 2.76 bits per heavy atom. The third-order valence-electron chi connectivity index (χ3n) is 3.42. The summed E-state index contributed by atoms with van der Waals surface area (Å²) in [5.41, 5.74) is 7.62. The molecule has 2 atom stereocenters. The molecule has 0 saturated carbocycles. The predicted octanol–water partition coefficient (Wildman–Crippen LogP) is 2.80. The normalized spacial score (nSPS) is 22.4. The van der Waals surface area contributed by atoms with E-state index in [1.165, 1.54) is 23.3 Å². The topological polar surface area (TPSA) is 38.0 Å². The van der Waals surface area contributed by atoms with E-state index in [2.05, 4.69) is 36.5 Å². The van der Waals surface area contributed by atoms with Crippen molar-refractivity contribution in [1.82, 2.24) is 5.32 Å². The third kappa shape index (κ3) is 3.47. The average Bonchev–Trinajstić information content (AvgIpc) is 2.40. The summed E-state index contributed by atoms with van der Waals surface area (Å²) in [5, 5.41) is 3.43. The second-order valence-electron chi connectivity index (χ2n) is 4.63. The zero-order chi connectivity index (χ0) is 12.1. The molecule has 3 N–H and O–H groups in total. The van der Waals surface area contributed by atoms with Gasteiger partial charge in [0.25, 0.3) is 0 Å². The highest BCUT2D eigenvalue weighted by Crippen LogP contribution is 2.27. The molecule has 1 aliphatic heterocycles. The van der Waals surface area contributed by atoms with E-state index >= 15 is 0 Å². The van der Waals surface area contributed by atoms with Crippen LogP contribution in [0.5, 0.6) is 0 Å². The molecule has 0 aliphatic carbocycles. The molecule has 0 bridgehead atoms. The standard InChI is InChI=1S/C14H22N2S/c1-2-17-13-7-5-11(6-8-13)14(15)12-4-3-9-16-10-12/h5-8,12,14,16H,2-4,9-10,15H2,1H3. The van der Waals surface area contributed by atoms with Gasteiger partial charge in [0.2, 0.25) is 0 Å². The lowest BCUT2D eigenvalue weighted by Gasteiger charge is -2.28. The van der Waals surface area contributed by atoms with Crippen LogP contribution in [0.1, 0.15) is 31.4 Å². The molecule has 1 heterocycles. The van der Waals surface area contributed by atoms with E-state index in [-0.39, 0.29) is 6.04 Å². The van der Waals surface area contributed by atoms with Gasteiger partial charge in [0.15, 0.2) is 0 Å². The number of hydrogen-bond acceptors (Lipinski definition) is 3. The van der Waals surface area contributed by atoms with Crippen molar-refractivity contribution in [3.63, 3.8) is 0 Å². The van der Waals surface area contributed by atoms with Crippen LogP contribution in [0, 0.1) is 5.92 Å². The molecule has 17 heavy (non-hydrogen) atoms. The largest absolute Gasteiger partial charge is 0.324 e. The van der Waals surface area contributed by atoms with Crippen LogP contribution in [0.25, 0.3) is 0 Å². The molecule has 94 valence electrons. The summed E-state index contributed by atoms with van der Waals surface area (Å²) in [6.45, 7) is 4.39. The second kappa shape index (κ2) is 6.43. The number of piperidine rings is 1. The monoisotopic (exact) mass is 250 g/mol. The van der Waals surface area contributed by atoms with Crippen LogP contribution >= 0.6 is 11.8 Å². The summed E-state index contributed by atoms with van der Waals surface area (Å²) in [5.74, 6) is 1.71. The summed E-state index contributed by atoms with van der Waals surface area (Å²) >= 11 is 1.88. The van der Waals surface area contributed by atoms with E-state index in [4.69, 9.17) is 5.73 Å². The number of nitrogens with one attached hydrogen (secondary N) is 1. The van der Waals surface area contributed by atoms with Crippen molar-refractivity contribution in [1.29, 1.82) is 0 Å². The zero-order valence-corrected chi connectivity index (χ0v) is 11.3. The maximum absolute atomic E-state index is 6.35. The summed E-state index contributed by atoms with van der Waals surface area (Å²) in [4.78, 5) is 1.34. The van der Waals surface area contributed by atoms with Gasteiger partial charge in [-0.1, -0.05) is 19.1 Å².